The highest BCUT2D eigenvalue weighted by molar-refractivity contribution is 5.63. The summed E-state index contributed by atoms with van der Waals surface area (Å²) >= 11 is 0. The molecule has 100 valence electrons. The molecule has 2 aromatic rings. The predicted molar refractivity (Wildman–Crippen MR) is 74.1 cm³/mol. The van der Waals surface area contributed by atoms with Crippen LogP contribution in [0.5, 0.6) is 0 Å². The maximum Gasteiger partial charge on any atom is 0.138 e. The Labute approximate surface area is 112 Å². The summed E-state index contributed by atoms with van der Waals surface area (Å²) in [7, 11) is 1.85. The normalized spacial score (nSPS) is 10.6. The molecule has 0 amide bonds. The van der Waals surface area contributed by atoms with Crippen LogP contribution in [-0.2, 0) is 6.61 Å². The molecule has 0 spiro atoms. The van der Waals surface area contributed by atoms with Gasteiger partial charge < -0.3 is 10.0 Å². The van der Waals surface area contributed by atoms with Crippen LogP contribution in [0.3, 0.4) is 0 Å². The van der Waals surface area contributed by atoms with Gasteiger partial charge in [-0.15, -0.1) is 0 Å². The Morgan fingerprint density at radius 1 is 1.21 bits per heavy atom. The first kappa shape index (κ1) is 13.5. The standard InChI is InChI=1S/C15H17FN2O/c1-10-8-11(2)17-15(14(10)9-19)18(3)13-6-4-12(16)5-7-13/h4-8,19H,9H2,1-3H3. The van der Waals surface area contributed by atoms with Crippen LogP contribution < -0.4 is 4.90 Å². The molecule has 0 aliphatic heterocycles. The third kappa shape index (κ3) is 2.74. The average molecular weight is 260 g/mol. The zero-order valence-electron chi connectivity index (χ0n) is 11.3. The van der Waals surface area contributed by atoms with Gasteiger partial charge in [-0.25, -0.2) is 9.37 Å². The number of pyridine rings is 1. The fourth-order valence-corrected chi connectivity index (χ4v) is 2.10. The van der Waals surface area contributed by atoms with Crippen molar-refractivity contribution in [1.82, 2.24) is 4.98 Å². The number of aliphatic hydroxyl groups excluding tert-OH is 1. The molecule has 2 rings (SSSR count). The van der Waals surface area contributed by atoms with E-state index in [0.29, 0.717) is 5.82 Å². The summed E-state index contributed by atoms with van der Waals surface area (Å²) in [6.07, 6.45) is 0. The number of aromatic nitrogens is 1. The summed E-state index contributed by atoms with van der Waals surface area (Å²) < 4.78 is 13.0. The van der Waals surface area contributed by atoms with Crippen LogP contribution in [0.1, 0.15) is 16.8 Å². The topological polar surface area (TPSA) is 36.4 Å². The van der Waals surface area contributed by atoms with Gasteiger partial charge >= 0.3 is 0 Å². The van der Waals surface area contributed by atoms with Gasteiger partial charge in [0.25, 0.3) is 0 Å². The molecule has 0 radical (unpaired) electrons. The first-order valence-corrected chi connectivity index (χ1v) is 6.10. The van der Waals surface area contributed by atoms with Crippen LogP contribution in [0.4, 0.5) is 15.9 Å². The first-order chi connectivity index (χ1) is 9.02. The van der Waals surface area contributed by atoms with E-state index in [0.717, 1.165) is 22.5 Å². The molecule has 0 saturated heterocycles. The van der Waals surface area contributed by atoms with Gasteiger partial charge in [-0.2, -0.15) is 0 Å². The van der Waals surface area contributed by atoms with Crippen LogP contribution >= 0.6 is 0 Å². The maximum absolute atomic E-state index is 13.0. The average Bonchev–Trinajstić information content (AvgIpc) is 2.38. The van der Waals surface area contributed by atoms with Crippen LogP contribution in [-0.4, -0.2) is 17.1 Å². The van der Waals surface area contributed by atoms with E-state index in [9.17, 15) is 9.50 Å². The summed E-state index contributed by atoms with van der Waals surface area (Å²) in [5, 5.41) is 9.50. The van der Waals surface area contributed by atoms with Gasteiger partial charge in [0.2, 0.25) is 0 Å². The van der Waals surface area contributed by atoms with Crippen molar-refractivity contribution in [1.29, 1.82) is 0 Å². The molecule has 1 aromatic heterocycles. The van der Waals surface area contributed by atoms with E-state index in [-0.39, 0.29) is 12.4 Å². The van der Waals surface area contributed by atoms with E-state index in [4.69, 9.17) is 0 Å². The number of benzene rings is 1. The Morgan fingerprint density at radius 3 is 2.42 bits per heavy atom. The fourth-order valence-electron chi connectivity index (χ4n) is 2.10. The van der Waals surface area contributed by atoms with Gasteiger partial charge in [0.1, 0.15) is 11.6 Å². The predicted octanol–water partition coefficient (Wildman–Crippen LogP) is 3.10. The smallest absolute Gasteiger partial charge is 0.138 e. The summed E-state index contributed by atoms with van der Waals surface area (Å²) in [4.78, 5) is 6.33. The number of anilines is 2. The van der Waals surface area contributed by atoms with Gasteiger partial charge in [-0.1, -0.05) is 0 Å². The zero-order chi connectivity index (χ0) is 14.0. The van der Waals surface area contributed by atoms with Crippen LogP contribution in [0, 0.1) is 19.7 Å². The minimum Gasteiger partial charge on any atom is -0.392 e. The van der Waals surface area contributed by atoms with E-state index in [1.165, 1.54) is 12.1 Å². The van der Waals surface area contributed by atoms with Crippen LogP contribution in [0.25, 0.3) is 0 Å². The maximum atomic E-state index is 13.0. The monoisotopic (exact) mass is 260 g/mol. The van der Waals surface area contributed by atoms with Crippen LogP contribution in [0.15, 0.2) is 30.3 Å². The van der Waals surface area contributed by atoms with E-state index < -0.39 is 0 Å². The first-order valence-electron chi connectivity index (χ1n) is 6.10. The second-order valence-corrected chi connectivity index (χ2v) is 4.58. The molecule has 1 aromatic carbocycles. The highest BCUT2D eigenvalue weighted by Crippen LogP contribution is 2.27. The molecule has 0 fully saturated rings. The Hall–Kier alpha value is -1.94. The van der Waals surface area contributed by atoms with E-state index in [1.54, 1.807) is 12.1 Å². The molecule has 0 aliphatic carbocycles. The molecule has 1 heterocycles. The number of aliphatic hydroxyl groups is 1. The Morgan fingerprint density at radius 2 is 1.84 bits per heavy atom. The molecule has 0 bridgehead atoms. The molecule has 0 atom stereocenters. The lowest BCUT2D eigenvalue weighted by Gasteiger charge is -2.22. The fraction of sp³-hybridized carbons (Fsp3) is 0.267. The Balaban J connectivity index is 2.48. The van der Waals surface area contributed by atoms with Gasteiger partial charge in [0.05, 0.1) is 6.61 Å². The van der Waals surface area contributed by atoms with Crippen molar-refractivity contribution >= 4 is 11.5 Å². The third-order valence-electron chi connectivity index (χ3n) is 3.14. The van der Waals surface area contributed by atoms with Gasteiger partial charge in [-0.05, 0) is 49.7 Å². The molecule has 3 nitrogen and oxygen atoms in total. The second-order valence-electron chi connectivity index (χ2n) is 4.58. The minimum atomic E-state index is -0.270. The molecular weight excluding hydrogens is 243 g/mol. The SMILES string of the molecule is Cc1cc(C)c(CO)c(N(C)c2ccc(F)cc2)n1. The number of rotatable bonds is 3. The Kier molecular flexibility index (Phi) is 3.81. The van der Waals surface area contributed by atoms with E-state index in [1.807, 2.05) is 31.9 Å². The highest BCUT2D eigenvalue weighted by Gasteiger charge is 2.13. The van der Waals surface area contributed by atoms with Crippen molar-refractivity contribution < 1.29 is 9.50 Å². The number of nitrogens with zero attached hydrogens (tertiary/aromatic N) is 2. The molecule has 1 N–H and O–H groups in total. The van der Waals surface area contributed by atoms with Crippen molar-refractivity contribution in [2.75, 3.05) is 11.9 Å². The lowest BCUT2D eigenvalue weighted by Crippen LogP contribution is -2.15. The molecular formula is C15H17FN2O. The van der Waals surface area contributed by atoms with Crippen molar-refractivity contribution in [2.24, 2.45) is 0 Å². The number of halogens is 1. The van der Waals surface area contributed by atoms with Crippen molar-refractivity contribution in [2.45, 2.75) is 20.5 Å². The second kappa shape index (κ2) is 5.36. The van der Waals surface area contributed by atoms with Gasteiger partial charge in [-0.3, -0.25) is 0 Å². The van der Waals surface area contributed by atoms with Gasteiger partial charge in [0, 0.05) is 24.0 Å². The molecule has 4 heteroatoms. The molecule has 0 aliphatic rings. The van der Waals surface area contributed by atoms with Crippen LogP contribution in [0.2, 0.25) is 0 Å². The third-order valence-corrected chi connectivity index (χ3v) is 3.14. The van der Waals surface area contributed by atoms with E-state index in [2.05, 4.69) is 4.98 Å². The number of aryl methyl sites for hydroxylation is 2. The molecule has 0 unspecified atom stereocenters. The van der Waals surface area contributed by atoms with Crippen molar-refractivity contribution in [3.63, 3.8) is 0 Å². The van der Waals surface area contributed by atoms with Crippen molar-refractivity contribution in [3.8, 4) is 0 Å². The molecule has 19 heavy (non-hydrogen) atoms. The lowest BCUT2D eigenvalue weighted by atomic mass is 10.1. The summed E-state index contributed by atoms with van der Waals surface area (Å²) in [6.45, 7) is 3.79. The minimum absolute atomic E-state index is 0.0695. The quantitative estimate of drug-likeness (QED) is 0.921. The van der Waals surface area contributed by atoms with E-state index >= 15 is 0 Å². The summed E-state index contributed by atoms with van der Waals surface area (Å²) in [5.41, 5.74) is 3.50. The number of hydrogen-bond donors (Lipinski definition) is 1. The number of hydrogen-bond acceptors (Lipinski definition) is 3. The zero-order valence-corrected chi connectivity index (χ0v) is 11.3. The highest BCUT2D eigenvalue weighted by atomic mass is 19.1. The summed E-state index contributed by atoms with van der Waals surface area (Å²) in [6, 6.07) is 8.14. The summed E-state index contributed by atoms with van der Waals surface area (Å²) in [5.74, 6) is 0.430. The lowest BCUT2D eigenvalue weighted by molar-refractivity contribution is 0.281. The largest absolute Gasteiger partial charge is 0.392 e. The molecule has 0 saturated carbocycles. The Bertz CT molecular complexity index is 581. The van der Waals surface area contributed by atoms with Gasteiger partial charge in [0.15, 0.2) is 0 Å². The van der Waals surface area contributed by atoms with Crippen molar-refractivity contribution in [3.05, 3.63) is 53.0 Å².